The number of benzene rings is 2. The number of nitrogens with zero attached hydrogens (tertiary/aromatic N) is 3. The minimum absolute atomic E-state index is 0.0873. The molecule has 208 valence electrons. The molecule has 4 atom stereocenters. The average Bonchev–Trinajstić information content (AvgIpc) is 3.72. The lowest BCUT2D eigenvalue weighted by Crippen LogP contribution is -2.54. The van der Waals surface area contributed by atoms with E-state index in [1.165, 1.54) is 51.5 Å². The first-order valence-electron chi connectivity index (χ1n) is 12.9. The molecular formula is C28H28N4O6S2. The molecule has 2 aromatic carbocycles. The normalized spacial score (nSPS) is 22.3. The van der Waals surface area contributed by atoms with E-state index in [4.69, 9.17) is 0 Å². The van der Waals surface area contributed by atoms with E-state index in [9.17, 15) is 29.3 Å². The summed E-state index contributed by atoms with van der Waals surface area (Å²) in [6, 6.07) is 13.2. The summed E-state index contributed by atoms with van der Waals surface area (Å²) in [5.41, 5.74) is 0.679. The summed E-state index contributed by atoms with van der Waals surface area (Å²) >= 11 is 3.06. The van der Waals surface area contributed by atoms with Gasteiger partial charge in [0.1, 0.15) is 17.6 Å². The van der Waals surface area contributed by atoms with Gasteiger partial charge >= 0.3 is 0 Å². The van der Waals surface area contributed by atoms with Crippen LogP contribution in [0.1, 0.15) is 22.3 Å². The van der Waals surface area contributed by atoms with Gasteiger partial charge < -0.3 is 15.1 Å². The first kappa shape index (κ1) is 27.9. The molecule has 1 unspecified atom stereocenters. The van der Waals surface area contributed by atoms with Gasteiger partial charge in [-0.15, -0.1) is 11.8 Å². The van der Waals surface area contributed by atoms with Crippen LogP contribution in [0.2, 0.25) is 0 Å². The van der Waals surface area contributed by atoms with E-state index in [0.29, 0.717) is 23.7 Å². The third kappa shape index (κ3) is 5.78. The van der Waals surface area contributed by atoms with Crippen molar-refractivity contribution in [2.24, 2.45) is 5.92 Å². The molecule has 1 N–H and O–H groups in total. The molecule has 0 aliphatic carbocycles. The van der Waals surface area contributed by atoms with Gasteiger partial charge in [-0.05, 0) is 23.5 Å². The molecule has 0 radical (unpaired) electrons. The quantitative estimate of drug-likeness (QED) is 0.354. The molecule has 2 fully saturated rings. The lowest BCUT2D eigenvalue weighted by atomic mass is 10.1. The zero-order valence-electron chi connectivity index (χ0n) is 21.5. The number of nitro groups is 1. The van der Waals surface area contributed by atoms with E-state index in [2.05, 4.69) is 5.32 Å². The van der Waals surface area contributed by atoms with Crippen LogP contribution in [0, 0.1) is 16.0 Å². The monoisotopic (exact) mass is 580 g/mol. The topological polar surface area (TPSA) is 130 Å². The Labute approximate surface area is 239 Å². The van der Waals surface area contributed by atoms with Crippen LogP contribution in [0.25, 0.3) is 0 Å². The zero-order valence-corrected chi connectivity index (χ0v) is 23.1. The number of nitro benzene ring substituents is 1. The molecule has 0 aromatic heterocycles. The standard InChI is InChI=1S/C28H28N4O6S2/c33-24-14-31(27(35)20-8-4-5-9-22(20)32(37)38)23-10-12-30(25(23)24)28(36)21(29-26(34)19-11-13-39-16-19)17-40-15-18-6-2-1-3-7-18/h1-9,11,13,19,21,23,25H,10,12,14-17H2,(H,29,34)/t19?,21-,23+,25-/m0/s1. The van der Waals surface area contributed by atoms with Gasteiger partial charge in [0.05, 0.1) is 23.4 Å². The SMILES string of the molecule is O=C(N[C@@H](CSCc1ccccc1)C(=O)N1CC[C@@H]2[C@H]1C(=O)CN2C(=O)c1ccccc1[N+](=O)[O-])C1C=CSC1. The van der Waals surface area contributed by atoms with Crippen molar-refractivity contribution in [2.45, 2.75) is 30.3 Å². The van der Waals surface area contributed by atoms with Crippen LogP contribution >= 0.6 is 23.5 Å². The third-order valence-corrected chi connectivity index (χ3v) is 9.34. The first-order chi connectivity index (χ1) is 19.3. The Bertz CT molecular complexity index is 1350. The predicted octanol–water partition coefficient (Wildman–Crippen LogP) is 2.88. The van der Waals surface area contributed by atoms with Crippen LogP contribution in [0.5, 0.6) is 0 Å². The summed E-state index contributed by atoms with van der Waals surface area (Å²) in [5, 5.41) is 16.3. The van der Waals surface area contributed by atoms with Crippen LogP contribution in [-0.4, -0.2) is 80.9 Å². The smallest absolute Gasteiger partial charge is 0.282 e. The number of nitrogens with one attached hydrogen (secondary N) is 1. The van der Waals surface area contributed by atoms with Crippen molar-refractivity contribution in [1.29, 1.82) is 0 Å². The maximum Gasteiger partial charge on any atom is 0.282 e. The highest BCUT2D eigenvalue weighted by atomic mass is 32.2. The molecule has 3 aliphatic heterocycles. The third-order valence-electron chi connectivity index (χ3n) is 7.33. The van der Waals surface area contributed by atoms with Crippen LogP contribution in [-0.2, 0) is 20.1 Å². The van der Waals surface area contributed by atoms with Crippen molar-refractivity contribution in [3.63, 3.8) is 0 Å². The van der Waals surface area contributed by atoms with E-state index in [-0.39, 0.29) is 47.9 Å². The predicted molar refractivity (Wildman–Crippen MR) is 153 cm³/mol. The van der Waals surface area contributed by atoms with Crippen molar-refractivity contribution in [1.82, 2.24) is 15.1 Å². The fourth-order valence-electron chi connectivity index (χ4n) is 5.36. The summed E-state index contributed by atoms with van der Waals surface area (Å²) < 4.78 is 0. The first-order valence-corrected chi connectivity index (χ1v) is 15.1. The number of thioether (sulfide) groups is 2. The number of likely N-dealkylation sites (tertiary alicyclic amines) is 2. The number of Topliss-reactive ketones (excluding diaryl/α,β-unsaturated/α-hetero) is 1. The molecule has 2 aromatic rings. The Morgan fingerprint density at radius 1 is 1.10 bits per heavy atom. The van der Waals surface area contributed by atoms with Crippen molar-refractivity contribution in [2.75, 3.05) is 24.6 Å². The van der Waals surface area contributed by atoms with Crippen LogP contribution < -0.4 is 5.32 Å². The number of hydrogen-bond donors (Lipinski definition) is 1. The van der Waals surface area contributed by atoms with Crippen LogP contribution in [0.15, 0.2) is 66.1 Å². The molecule has 40 heavy (non-hydrogen) atoms. The number of para-hydroxylation sites is 1. The largest absolute Gasteiger partial charge is 0.343 e. The highest BCUT2D eigenvalue weighted by molar-refractivity contribution is 8.02. The van der Waals surface area contributed by atoms with Gasteiger partial charge in [0.25, 0.3) is 11.6 Å². The maximum absolute atomic E-state index is 13.8. The molecule has 12 heteroatoms. The Morgan fingerprint density at radius 2 is 1.85 bits per heavy atom. The second kappa shape index (κ2) is 12.3. The molecule has 2 saturated heterocycles. The molecule has 3 aliphatic rings. The summed E-state index contributed by atoms with van der Waals surface area (Å²) in [5.74, 6) is -0.220. The van der Waals surface area contributed by atoms with Gasteiger partial charge in [0, 0.05) is 29.9 Å². The fourth-order valence-corrected chi connectivity index (χ4v) is 7.25. The van der Waals surface area contributed by atoms with E-state index in [1.54, 1.807) is 6.07 Å². The number of amides is 3. The summed E-state index contributed by atoms with van der Waals surface area (Å²) in [7, 11) is 0. The summed E-state index contributed by atoms with van der Waals surface area (Å²) in [6.07, 6.45) is 2.19. The van der Waals surface area contributed by atoms with Gasteiger partial charge in [0.2, 0.25) is 11.8 Å². The van der Waals surface area contributed by atoms with E-state index >= 15 is 0 Å². The molecule has 3 heterocycles. The zero-order chi connectivity index (χ0) is 28.2. The molecule has 0 saturated carbocycles. The molecule has 0 spiro atoms. The number of carbonyl (C=O) groups is 4. The summed E-state index contributed by atoms with van der Waals surface area (Å²) in [6.45, 7) is 0.0172. The Hall–Kier alpha value is -3.64. The van der Waals surface area contributed by atoms with Crippen molar-refractivity contribution >= 4 is 52.7 Å². The lowest BCUT2D eigenvalue weighted by Gasteiger charge is -2.28. The number of hydrogen-bond acceptors (Lipinski definition) is 8. The fraction of sp³-hybridized carbons (Fsp3) is 0.357. The average molecular weight is 581 g/mol. The molecule has 10 nitrogen and oxygen atoms in total. The van der Waals surface area contributed by atoms with Crippen molar-refractivity contribution in [3.05, 3.63) is 87.3 Å². The maximum atomic E-state index is 13.8. The minimum atomic E-state index is -0.848. The number of carbonyl (C=O) groups excluding carboxylic acids is 4. The van der Waals surface area contributed by atoms with E-state index < -0.39 is 29.0 Å². The molecule has 5 rings (SSSR count). The van der Waals surface area contributed by atoms with Crippen molar-refractivity contribution < 1.29 is 24.1 Å². The summed E-state index contributed by atoms with van der Waals surface area (Å²) in [4.78, 5) is 67.0. The highest BCUT2D eigenvalue weighted by Crippen LogP contribution is 2.33. The van der Waals surface area contributed by atoms with Gasteiger partial charge in [0.15, 0.2) is 5.78 Å². The lowest BCUT2D eigenvalue weighted by molar-refractivity contribution is -0.385. The molecule has 3 amide bonds. The number of ketones is 1. The minimum Gasteiger partial charge on any atom is -0.343 e. The Kier molecular flexibility index (Phi) is 8.55. The van der Waals surface area contributed by atoms with Gasteiger partial charge in [-0.3, -0.25) is 29.3 Å². The van der Waals surface area contributed by atoms with Crippen molar-refractivity contribution in [3.8, 4) is 0 Å². The second-order valence-electron chi connectivity index (χ2n) is 9.84. The Morgan fingerprint density at radius 3 is 2.58 bits per heavy atom. The van der Waals surface area contributed by atoms with Crippen LogP contribution in [0.3, 0.4) is 0 Å². The van der Waals surface area contributed by atoms with Crippen LogP contribution in [0.4, 0.5) is 5.69 Å². The molecular weight excluding hydrogens is 552 g/mol. The number of rotatable bonds is 9. The highest BCUT2D eigenvalue weighted by Gasteiger charge is 2.52. The second-order valence-corrected chi connectivity index (χ2v) is 11.8. The van der Waals surface area contributed by atoms with Gasteiger partial charge in [-0.1, -0.05) is 48.5 Å². The van der Waals surface area contributed by atoms with Gasteiger partial charge in [-0.2, -0.15) is 11.8 Å². The van der Waals surface area contributed by atoms with E-state index in [0.717, 1.165) is 5.56 Å². The van der Waals surface area contributed by atoms with Gasteiger partial charge in [-0.25, -0.2) is 0 Å². The molecule has 0 bridgehead atoms. The van der Waals surface area contributed by atoms with E-state index in [1.807, 2.05) is 41.8 Å². The number of fused-ring (bicyclic) bond motifs is 1. The Balaban J connectivity index is 1.32.